The maximum Gasteiger partial charge on any atom is 0.179 e. The van der Waals surface area contributed by atoms with E-state index in [0.717, 1.165) is 5.56 Å². The first-order valence-corrected chi connectivity index (χ1v) is 6.73. The summed E-state index contributed by atoms with van der Waals surface area (Å²) in [5, 5.41) is 10.7. The first-order chi connectivity index (χ1) is 10.1. The Labute approximate surface area is 128 Å². The molecule has 1 unspecified atom stereocenters. The lowest BCUT2D eigenvalue weighted by atomic mass is 10.0. The number of methoxy groups -OCH3 is 2. The van der Waals surface area contributed by atoms with Crippen molar-refractivity contribution in [1.29, 1.82) is 0 Å². The van der Waals surface area contributed by atoms with Gasteiger partial charge < -0.3 is 20.3 Å². The third kappa shape index (κ3) is 3.20. The van der Waals surface area contributed by atoms with E-state index in [2.05, 4.69) is 4.98 Å². The second-order valence-electron chi connectivity index (χ2n) is 4.50. The molecule has 1 aromatic heterocycles. The van der Waals surface area contributed by atoms with Crippen LogP contribution in [-0.4, -0.2) is 24.3 Å². The monoisotopic (exact) mass is 308 g/mol. The van der Waals surface area contributed by atoms with Crippen molar-refractivity contribution < 1.29 is 14.6 Å². The standard InChI is InChI=1S/C15H17ClN2O3/c1-20-13-4-3-10(14(16)15(13)21-2)12(19)7-9-8-18-6-5-11(9)17/h3-6,8,12,19H,7H2,1-2H3,(H2,17,18). The summed E-state index contributed by atoms with van der Waals surface area (Å²) < 4.78 is 10.4. The second-order valence-corrected chi connectivity index (χ2v) is 4.88. The molecule has 0 aliphatic rings. The van der Waals surface area contributed by atoms with E-state index in [-0.39, 0.29) is 0 Å². The van der Waals surface area contributed by atoms with Gasteiger partial charge in [-0.15, -0.1) is 0 Å². The highest BCUT2D eigenvalue weighted by Crippen LogP contribution is 2.40. The number of aromatic nitrogens is 1. The lowest BCUT2D eigenvalue weighted by Gasteiger charge is -2.17. The van der Waals surface area contributed by atoms with Gasteiger partial charge in [-0.3, -0.25) is 4.98 Å². The Kier molecular flexibility index (Phi) is 4.88. The molecule has 5 nitrogen and oxygen atoms in total. The highest BCUT2D eigenvalue weighted by Gasteiger charge is 2.19. The summed E-state index contributed by atoms with van der Waals surface area (Å²) in [6.07, 6.45) is 2.74. The van der Waals surface area contributed by atoms with Gasteiger partial charge in [0.15, 0.2) is 11.5 Å². The predicted molar refractivity (Wildman–Crippen MR) is 81.9 cm³/mol. The molecular weight excluding hydrogens is 292 g/mol. The number of nitrogens with two attached hydrogens (primary N) is 1. The zero-order valence-electron chi connectivity index (χ0n) is 11.8. The predicted octanol–water partition coefficient (Wildman–Crippen LogP) is 2.61. The minimum absolute atomic E-state index is 0.314. The molecule has 112 valence electrons. The summed E-state index contributed by atoms with van der Waals surface area (Å²) in [5.74, 6) is 0.911. The van der Waals surface area contributed by atoms with Crippen LogP contribution in [0.4, 0.5) is 5.69 Å². The lowest BCUT2D eigenvalue weighted by Crippen LogP contribution is -2.06. The van der Waals surface area contributed by atoms with Crippen molar-refractivity contribution >= 4 is 17.3 Å². The molecule has 6 heteroatoms. The van der Waals surface area contributed by atoms with Crippen molar-refractivity contribution in [3.8, 4) is 11.5 Å². The van der Waals surface area contributed by atoms with Gasteiger partial charge in [-0.2, -0.15) is 0 Å². The molecule has 0 saturated carbocycles. The molecule has 1 atom stereocenters. The minimum Gasteiger partial charge on any atom is -0.493 e. The number of nitrogens with zero attached hydrogens (tertiary/aromatic N) is 1. The van der Waals surface area contributed by atoms with Gasteiger partial charge in [0.25, 0.3) is 0 Å². The van der Waals surface area contributed by atoms with Crippen LogP contribution in [0.25, 0.3) is 0 Å². The van der Waals surface area contributed by atoms with Crippen LogP contribution in [0, 0.1) is 0 Å². The van der Waals surface area contributed by atoms with Crippen molar-refractivity contribution in [2.75, 3.05) is 20.0 Å². The van der Waals surface area contributed by atoms with E-state index in [0.29, 0.717) is 34.2 Å². The van der Waals surface area contributed by atoms with Gasteiger partial charge >= 0.3 is 0 Å². The Balaban J connectivity index is 2.32. The van der Waals surface area contributed by atoms with E-state index in [9.17, 15) is 5.11 Å². The van der Waals surface area contributed by atoms with E-state index >= 15 is 0 Å². The molecular formula is C15H17ClN2O3. The molecule has 0 saturated heterocycles. The molecule has 21 heavy (non-hydrogen) atoms. The molecule has 1 aromatic carbocycles. The summed E-state index contributed by atoms with van der Waals surface area (Å²) in [6, 6.07) is 5.11. The number of halogens is 1. The number of hydrogen-bond donors (Lipinski definition) is 2. The first-order valence-electron chi connectivity index (χ1n) is 6.35. The average molecular weight is 309 g/mol. The number of benzene rings is 1. The number of pyridine rings is 1. The summed E-state index contributed by atoms with van der Waals surface area (Å²) >= 11 is 6.28. The second kappa shape index (κ2) is 6.65. The highest BCUT2D eigenvalue weighted by atomic mass is 35.5. The third-order valence-electron chi connectivity index (χ3n) is 3.23. The minimum atomic E-state index is -0.816. The van der Waals surface area contributed by atoms with Gasteiger partial charge in [0, 0.05) is 30.1 Å². The molecule has 0 bridgehead atoms. The number of ether oxygens (including phenoxy) is 2. The summed E-state index contributed by atoms with van der Waals surface area (Å²) in [6.45, 7) is 0. The number of nitrogen functional groups attached to an aromatic ring is 1. The Morgan fingerprint density at radius 2 is 2.05 bits per heavy atom. The highest BCUT2D eigenvalue weighted by molar-refractivity contribution is 6.33. The third-order valence-corrected chi connectivity index (χ3v) is 3.62. The van der Waals surface area contributed by atoms with Gasteiger partial charge in [0.05, 0.1) is 25.3 Å². The normalized spacial score (nSPS) is 12.0. The average Bonchev–Trinajstić information content (AvgIpc) is 2.49. The molecule has 3 N–H and O–H groups in total. The smallest absolute Gasteiger partial charge is 0.179 e. The van der Waals surface area contributed by atoms with Gasteiger partial charge in [-0.05, 0) is 17.7 Å². The van der Waals surface area contributed by atoms with E-state index in [1.807, 2.05) is 0 Å². The maximum atomic E-state index is 10.4. The molecule has 0 amide bonds. The summed E-state index contributed by atoms with van der Waals surface area (Å²) in [7, 11) is 3.03. The molecule has 0 radical (unpaired) electrons. The number of anilines is 1. The number of hydrogen-bond acceptors (Lipinski definition) is 5. The van der Waals surface area contributed by atoms with Crippen LogP contribution in [0.15, 0.2) is 30.6 Å². The number of aliphatic hydroxyl groups excluding tert-OH is 1. The van der Waals surface area contributed by atoms with Crippen molar-refractivity contribution in [3.63, 3.8) is 0 Å². The molecule has 0 spiro atoms. The molecule has 0 aliphatic carbocycles. The SMILES string of the molecule is COc1ccc(C(O)Cc2cnccc2N)c(Cl)c1OC. The van der Waals surface area contributed by atoms with Crippen LogP contribution in [0.1, 0.15) is 17.2 Å². The van der Waals surface area contributed by atoms with Crippen LogP contribution in [0.2, 0.25) is 5.02 Å². The van der Waals surface area contributed by atoms with Crippen molar-refractivity contribution in [2.45, 2.75) is 12.5 Å². The molecule has 0 aliphatic heterocycles. The zero-order chi connectivity index (χ0) is 15.4. The van der Waals surface area contributed by atoms with E-state index in [4.69, 9.17) is 26.8 Å². The van der Waals surface area contributed by atoms with Gasteiger partial charge in [0.2, 0.25) is 0 Å². The van der Waals surface area contributed by atoms with Crippen molar-refractivity contribution in [1.82, 2.24) is 4.98 Å². The molecule has 2 rings (SSSR count). The van der Waals surface area contributed by atoms with Gasteiger partial charge in [0.1, 0.15) is 0 Å². The van der Waals surface area contributed by atoms with Crippen LogP contribution < -0.4 is 15.2 Å². The van der Waals surface area contributed by atoms with Crippen LogP contribution in [-0.2, 0) is 6.42 Å². The van der Waals surface area contributed by atoms with Crippen LogP contribution in [0.3, 0.4) is 0 Å². The van der Waals surface area contributed by atoms with E-state index in [1.54, 1.807) is 30.6 Å². The van der Waals surface area contributed by atoms with E-state index in [1.165, 1.54) is 14.2 Å². The van der Waals surface area contributed by atoms with Crippen molar-refractivity contribution in [2.24, 2.45) is 0 Å². The Morgan fingerprint density at radius 3 is 2.67 bits per heavy atom. The van der Waals surface area contributed by atoms with E-state index < -0.39 is 6.10 Å². The van der Waals surface area contributed by atoms with Gasteiger partial charge in [-0.1, -0.05) is 17.7 Å². The molecule has 1 heterocycles. The van der Waals surface area contributed by atoms with Crippen molar-refractivity contribution in [3.05, 3.63) is 46.7 Å². The first kappa shape index (κ1) is 15.4. The number of rotatable bonds is 5. The Morgan fingerprint density at radius 1 is 1.29 bits per heavy atom. The largest absolute Gasteiger partial charge is 0.493 e. The van der Waals surface area contributed by atoms with Gasteiger partial charge in [-0.25, -0.2) is 0 Å². The summed E-state index contributed by atoms with van der Waals surface area (Å²) in [4.78, 5) is 4.01. The van der Waals surface area contributed by atoms with Crippen LogP contribution in [0.5, 0.6) is 11.5 Å². The Bertz CT molecular complexity index is 634. The topological polar surface area (TPSA) is 77.6 Å². The zero-order valence-corrected chi connectivity index (χ0v) is 12.6. The molecule has 2 aromatic rings. The number of aliphatic hydroxyl groups is 1. The lowest BCUT2D eigenvalue weighted by molar-refractivity contribution is 0.178. The fourth-order valence-electron chi connectivity index (χ4n) is 2.09. The molecule has 0 fully saturated rings. The summed E-state index contributed by atoms with van der Waals surface area (Å²) in [5.41, 5.74) is 7.76. The maximum absolute atomic E-state index is 10.4. The fraction of sp³-hybridized carbons (Fsp3) is 0.267. The Hall–Kier alpha value is -1.98. The fourth-order valence-corrected chi connectivity index (χ4v) is 2.45. The van der Waals surface area contributed by atoms with Crippen LogP contribution >= 0.6 is 11.6 Å². The quantitative estimate of drug-likeness (QED) is 0.888.